The molecule has 3 heterocycles. The second-order valence-corrected chi connectivity index (χ2v) is 7.22. The van der Waals surface area contributed by atoms with Crippen LogP contribution in [0.25, 0.3) is 22.9 Å². The van der Waals surface area contributed by atoms with Crippen LogP contribution in [0, 0.1) is 27.7 Å². The lowest BCUT2D eigenvalue weighted by Crippen LogP contribution is -1.83. The summed E-state index contributed by atoms with van der Waals surface area (Å²) in [5.41, 5.74) is 4.13. The second kappa shape index (κ2) is 7.03. The molecule has 0 aliphatic heterocycles. The first-order valence-electron chi connectivity index (χ1n) is 8.43. The van der Waals surface area contributed by atoms with Crippen LogP contribution < -0.4 is 0 Å². The van der Waals surface area contributed by atoms with Crippen molar-refractivity contribution in [1.29, 1.82) is 0 Å². The van der Waals surface area contributed by atoms with E-state index in [9.17, 15) is 0 Å². The minimum Gasteiger partial charge on any atom is -0.466 e. The molecule has 7 nitrogen and oxygen atoms in total. The molecule has 0 aliphatic rings. The minimum atomic E-state index is 0.442. The fourth-order valence-corrected chi connectivity index (χ4v) is 3.25. The van der Waals surface area contributed by atoms with Crippen molar-refractivity contribution in [3.63, 3.8) is 0 Å². The van der Waals surface area contributed by atoms with Crippen LogP contribution in [0.4, 0.5) is 0 Å². The van der Waals surface area contributed by atoms with Crippen LogP contribution in [0.15, 0.2) is 42.7 Å². The van der Waals surface area contributed by atoms with Crippen LogP contribution in [-0.4, -0.2) is 20.4 Å². The molecule has 4 rings (SSSR count). The molecule has 0 fully saturated rings. The van der Waals surface area contributed by atoms with Crippen LogP contribution in [0.5, 0.6) is 0 Å². The topological polar surface area (TPSA) is 91.0 Å². The first-order chi connectivity index (χ1) is 13.0. The third-order valence-corrected chi connectivity index (χ3v) is 5.02. The SMILES string of the molecule is Cc1cc(-c2nnc(CSc3nnc(-c4ccc(C)c(C)c4)o3)o2)c(C)o1. The molecule has 0 spiro atoms. The highest BCUT2D eigenvalue weighted by Crippen LogP contribution is 2.29. The summed E-state index contributed by atoms with van der Waals surface area (Å²) in [5, 5.41) is 16.8. The van der Waals surface area contributed by atoms with Gasteiger partial charge >= 0.3 is 0 Å². The molecule has 1 aromatic carbocycles. The van der Waals surface area contributed by atoms with E-state index in [0.717, 1.165) is 22.6 Å². The lowest BCUT2D eigenvalue weighted by atomic mass is 10.1. The Morgan fingerprint density at radius 1 is 0.815 bits per heavy atom. The number of aromatic nitrogens is 4. The van der Waals surface area contributed by atoms with Gasteiger partial charge in [0, 0.05) is 5.56 Å². The smallest absolute Gasteiger partial charge is 0.277 e. The number of aryl methyl sites for hydroxylation is 4. The molecule has 0 bridgehead atoms. The summed E-state index contributed by atoms with van der Waals surface area (Å²) in [6.07, 6.45) is 0. The van der Waals surface area contributed by atoms with Crippen LogP contribution >= 0.6 is 11.8 Å². The van der Waals surface area contributed by atoms with Gasteiger partial charge in [-0.1, -0.05) is 17.8 Å². The van der Waals surface area contributed by atoms with E-state index >= 15 is 0 Å². The van der Waals surface area contributed by atoms with Gasteiger partial charge in [-0.3, -0.25) is 0 Å². The summed E-state index contributed by atoms with van der Waals surface area (Å²) < 4.78 is 17.0. The molecule has 0 unspecified atom stereocenters. The number of hydrogen-bond acceptors (Lipinski definition) is 8. The number of benzene rings is 1. The molecule has 0 radical (unpaired) electrons. The predicted molar refractivity (Wildman–Crippen MR) is 100 cm³/mol. The van der Waals surface area contributed by atoms with Gasteiger partial charge in [0.15, 0.2) is 0 Å². The zero-order chi connectivity index (χ0) is 19.0. The van der Waals surface area contributed by atoms with E-state index in [1.165, 1.54) is 22.9 Å². The van der Waals surface area contributed by atoms with Crippen LogP contribution in [-0.2, 0) is 5.75 Å². The highest BCUT2D eigenvalue weighted by Gasteiger charge is 2.16. The average Bonchev–Trinajstić information content (AvgIpc) is 3.35. The maximum absolute atomic E-state index is 5.74. The molecule has 3 aromatic heterocycles. The van der Waals surface area contributed by atoms with E-state index in [0.29, 0.717) is 28.6 Å². The largest absolute Gasteiger partial charge is 0.466 e. The summed E-state index contributed by atoms with van der Waals surface area (Å²) in [5.74, 6) is 3.43. The minimum absolute atomic E-state index is 0.442. The number of furan rings is 1. The molecular formula is C19H18N4O3S. The monoisotopic (exact) mass is 382 g/mol. The van der Waals surface area contributed by atoms with Crippen molar-refractivity contribution in [2.75, 3.05) is 0 Å². The van der Waals surface area contributed by atoms with E-state index in [-0.39, 0.29) is 0 Å². The normalized spacial score (nSPS) is 11.3. The molecular weight excluding hydrogens is 364 g/mol. The Hall–Kier alpha value is -2.87. The van der Waals surface area contributed by atoms with Gasteiger partial charge in [-0.15, -0.1) is 20.4 Å². The van der Waals surface area contributed by atoms with Gasteiger partial charge in [-0.05, 0) is 57.0 Å². The van der Waals surface area contributed by atoms with E-state index in [1.54, 1.807) is 0 Å². The van der Waals surface area contributed by atoms with Gasteiger partial charge in [-0.25, -0.2) is 0 Å². The van der Waals surface area contributed by atoms with Gasteiger partial charge in [0.2, 0.25) is 11.8 Å². The summed E-state index contributed by atoms with van der Waals surface area (Å²) in [6.45, 7) is 7.88. The highest BCUT2D eigenvalue weighted by atomic mass is 32.2. The van der Waals surface area contributed by atoms with Gasteiger partial charge in [0.05, 0.1) is 11.3 Å². The number of thioether (sulfide) groups is 1. The lowest BCUT2D eigenvalue weighted by molar-refractivity contribution is 0.464. The Bertz CT molecular complexity index is 1100. The zero-order valence-electron chi connectivity index (χ0n) is 15.4. The number of rotatable bonds is 5. The Labute approximate surface area is 160 Å². The molecule has 4 aromatic rings. The molecule has 0 saturated heterocycles. The molecule has 0 aliphatic carbocycles. The van der Waals surface area contributed by atoms with Crippen LogP contribution in [0.2, 0.25) is 0 Å². The van der Waals surface area contributed by atoms with Crippen molar-refractivity contribution in [1.82, 2.24) is 20.4 Å². The fourth-order valence-electron chi connectivity index (χ4n) is 2.65. The lowest BCUT2D eigenvalue weighted by Gasteiger charge is -2.00. The third-order valence-electron chi connectivity index (χ3n) is 4.22. The molecule has 8 heteroatoms. The third kappa shape index (κ3) is 3.66. The first-order valence-corrected chi connectivity index (χ1v) is 9.42. The molecule has 0 saturated carbocycles. The summed E-state index contributed by atoms with van der Waals surface area (Å²) in [6, 6.07) is 7.94. The van der Waals surface area contributed by atoms with Gasteiger partial charge in [0.25, 0.3) is 11.1 Å². The number of hydrogen-bond donors (Lipinski definition) is 0. The Kier molecular flexibility index (Phi) is 4.57. The molecule has 27 heavy (non-hydrogen) atoms. The van der Waals surface area contributed by atoms with Crippen molar-refractivity contribution in [2.45, 2.75) is 38.7 Å². The van der Waals surface area contributed by atoms with Crippen LogP contribution in [0.3, 0.4) is 0 Å². The van der Waals surface area contributed by atoms with E-state index < -0.39 is 0 Å². The van der Waals surface area contributed by atoms with Gasteiger partial charge < -0.3 is 13.3 Å². The average molecular weight is 382 g/mol. The maximum atomic E-state index is 5.74. The van der Waals surface area contributed by atoms with Crippen molar-refractivity contribution in [3.8, 4) is 22.9 Å². The Balaban J connectivity index is 1.45. The van der Waals surface area contributed by atoms with Crippen molar-refractivity contribution >= 4 is 11.8 Å². The number of nitrogens with zero attached hydrogens (tertiary/aromatic N) is 4. The first kappa shape index (κ1) is 17.5. The highest BCUT2D eigenvalue weighted by molar-refractivity contribution is 7.98. The summed E-state index contributed by atoms with van der Waals surface area (Å²) in [4.78, 5) is 0. The van der Waals surface area contributed by atoms with E-state index in [1.807, 2.05) is 38.1 Å². The molecule has 0 amide bonds. The standard InChI is InChI=1S/C19H18N4O3S/c1-10-5-6-14(7-11(10)2)17-21-23-19(26-17)27-9-16-20-22-18(25-16)15-8-12(3)24-13(15)4/h5-8H,9H2,1-4H3. The van der Waals surface area contributed by atoms with Crippen molar-refractivity contribution < 1.29 is 13.3 Å². The van der Waals surface area contributed by atoms with Crippen molar-refractivity contribution in [2.24, 2.45) is 0 Å². The molecule has 138 valence electrons. The van der Waals surface area contributed by atoms with Gasteiger partial charge in [-0.2, -0.15) is 0 Å². The molecule has 0 atom stereocenters. The Morgan fingerprint density at radius 2 is 1.63 bits per heavy atom. The van der Waals surface area contributed by atoms with Crippen LogP contribution in [0.1, 0.15) is 28.5 Å². The molecule has 0 N–H and O–H groups in total. The zero-order valence-corrected chi connectivity index (χ0v) is 16.3. The van der Waals surface area contributed by atoms with E-state index in [4.69, 9.17) is 13.3 Å². The summed E-state index contributed by atoms with van der Waals surface area (Å²) >= 11 is 1.35. The Morgan fingerprint density at radius 3 is 2.37 bits per heavy atom. The fraction of sp³-hybridized carbons (Fsp3) is 0.263. The van der Waals surface area contributed by atoms with Crippen molar-refractivity contribution in [3.05, 3.63) is 52.8 Å². The quantitative estimate of drug-likeness (QED) is 0.450. The summed E-state index contributed by atoms with van der Waals surface area (Å²) in [7, 11) is 0. The van der Waals surface area contributed by atoms with E-state index in [2.05, 4.69) is 34.2 Å². The van der Waals surface area contributed by atoms with Gasteiger partial charge in [0.1, 0.15) is 11.5 Å². The second-order valence-electron chi connectivity index (χ2n) is 6.29. The maximum Gasteiger partial charge on any atom is 0.277 e. The predicted octanol–water partition coefficient (Wildman–Crippen LogP) is 4.91.